The summed E-state index contributed by atoms with van der Waals surface area (Å²) in [6, 6.07) is 4.60. The largest absolute Gasteiger partial charge is 0.449 e. The molecule has 1 heterocycles. The Morgan fingerprint density at radius 1 is 1.37 bits per heavy atom. The fourth-order valence-electron chi connectivity index (χ4n) is 1.48. The molecule has 0 spiro atoms. The number of nitrogens with one attached hydrogen (secondary N) is 1. The number of hydrogen-bond acceptors (Lipinski definition) is 4. The fourth-order valence-corrected chi connectivity index (χ4v) is 2.75. The van der Waals surface area contributed by atoms with E-state index in [1.807, 2.05) is 6.92 Å². The topological polar surface area (TPSA) is 72.2 Å². The van der Waals surface area contributed by atoms with Gasteiger partial charge in [0.1, 0.15) is 6.26 Å². The summed E-state index contributed by atoms with van der Waals surface area (Å²) in [5.74, 6) is 0.493. The first-order chi connectivity index (χ1) is 8.88. The molecule has 0 aliphatic rings. The van der Waals surface area contributed by atoms with Gasteiger partial charge in [-0.2, -0.15) is 0 Å². The molecule has 1 aromatic heterocycles. The van der Waals surface area contributed by atoms with Gasteiger partial charge in [0.15, 0.2) is 5.89 Å². The standard InChI is InChI=1S/C12H13ClN2O3S/c1-8-3-4-11(5-12(8)13)19(16,17)14-6-10-7-18-9(2)15-10/h3-5,7,14H,6H2,1-2H3. The Hall–Kier alpha value is -1.37. The summed E-state index contributed by atoms with van der Waals surface area (Å²) in [6.07, 6.45) is 1.42. The van der Waals surface area contributed by atoms with Gasteiger partial charge in [-0.05, 0) is 24.6 Å². The number of aryl methyl sites for hydroxylation is 2. The fraction of sp³-hybridized carbons (Fsp3) is 0.250. The van der Waals surface area contributed by atoms with Gasteiger partial charge >= 0.3 is 0 Å². The molecular formula is C12H13ClN2O3S. The van der Waals surface area contributed by atoms with Crippen molar-refractivity contribution < 1.29 is 12.8 Å². The van der Waals surface area contributed by atoms with Crippen LogP contribution in [-0.2, 0) is 16.6 Å². The quantitative estimate of drug-likeness (QED) is 0.941. The van der Waals surface area contributed by atoms with Crippen LogP contribution < -0.4 is 4.72 Å². The first-order valence-electron chi connectivity index (χ1n) is 5.55. The smallest absolute Gasteiger partial charge is 0.240 e. The molecule has 0 atom stereocenters. The summed E-state index contributed by atoms with van der Waals surface area (Å²) in [5, 5.41) is 0.417. The molecule has 0 amide bonds. The van der Waals surface area contributed by atoms with Gasteiger partial charge in [-0.3, -0.25) is 0 Å². The zero-order chi connectivity index (χ0) is 14.0. The lowest BCUT2D eigenvalue weighted by Crippen LogP contribution is -2.23. The van der Waals surface area contributed by atoms with E-state index in [-0.39, 0.29) is 11.4 Å². The number of benzene rings is 1. The van der Waals surface area contributed by atoms with Gasteiger partial charge in [0.25, 0.3) is 0 Å². The maximum atomic E-state index is 12.0. The molecule has 2 aromatic rings. The Labute approximate surface area is 116 Å². The summed E-state index contributed by atoms with van der Waals surface area (Å²) in [5.41, 5.74) is 1.35. The van der Waals surface area contributed by atoms with E-state index < -0.39 is 10.0 Å². The van der Waals surface area contributed by atoms with Gasteiger partial charge in [-0.15, -0.1) is 0 Å². The third-order valence-electron chi connectivity index (χ3n) is 2.56. The highest BCUT2D eigenvalue weighted by atomic mass is 35.5. The average Bonchev–Trinajstić information content (AvgIpc) is 2.76. The maximum absolute atomic E-state index is 12.0. The molecule has 7 heteroatoms. The van der Waals surface area contributed by atoms with Gasteiger partial charge in [-0.1, -0.05) is 17.7 Å². The van der Waals surface area contributed by atoms with E-state index in [9.17, 15) is 8.42 Å². The summed E-state index contributed by atoms with van der Waals surface area (Å²) in [4.78, 5) is 4.15. The maximum Gasteiger partial charge on any atom is 0.240 e. The SMILES string of the molecule is Cc1nc(CNS(=O)(=O)c2ccc(C)c(Cl)c2)co1. The Kier molecular flexibility index (Phi) is 3.93. The van der Waals surface area contributed by atoms with Crippen LogP contribution in [-0.4, -0.2) is 13.4 Å². The van der Waals surface area contributed by atoms with Crippen LogP contribution in [0.1, 0.15) is 17.1 Å². The Morgan fingerprint density at radius 2 is 2.11 bits per heavy atom. The lowest BCUT2D eigenvalue weighted by Gasteiger charge is -2.06. The minimum atomic E-state index is -3.60. The molecule has 0 radical (unpaired) electrons. The van der Waals surface area contributed by atoms with Crippen LogP contribution in [0.25, 0.3) is 0 Å². The molecule has 0 aliphatic heterocycles. The van der Waals surface area contributed by atoms with Gasteiger partial charge in [0, 0.05) is 11.9 Å². The van der Waals surface area contributed by atoms with E-state index in [1.165, 1.54) is 18.4 Å². The lowest BCUT2D eigenvalue weighted by molar-refractivity contribution is 0.520. The number of nitrogens with zero attached hydrogens (tertiary/aromatic N) is 1. The zero-order valence-corrected chi connectivity index (χ0v) is 12.0. The minimum absolute atomic E-state index is 0.0746. The number of aromatic nitrogens is 1. The summed E-state index contributed by atoms with van der Waals surface area (Å²) in [7, 11) is -3.60. The van der Waals surface area contributed by atoms with E-state index in [4.69, 9.17) is 16.0 Å². The molecule has 0 unspecified atom stereocenters. The van der Waals surface area contributed by atoms with E-state index in [1.54, 1.807) is 13.0 Å². The van der Waals surface area contributed by atoms with E-state index in [0.29, 0.717) is 16.6 Å². The molecule has 0 fully saturated rings. The third kappa shape index (κ3) is 3.34. The van der Waals surface area contributed by atoms with Gasteiger partial charge < -0.3 is 4.42 Å². The molecule has 1 aromatic carbocycles. The number of hydrogen-bond donors (Lipinski definition) is 1. The number of rotatable bonds is 4. The van der Waals surface area contributed by atoms with Crippen molar-refractivity contribution in [1.82, 2.24) is 9.71 Å². The van der Waals surface area contributed by atoms with Crippen LogP contribution in [0.15, 0.2) is 33.8 Å². The summed E-state index contributed by atoms with van der Waals surface area (Å²) >= 11 is 5.92. The molecule has 102 valence electrons. The summed E-state index contributed by atoms with van der Waals surface area (Å²) < 4.78 is 31.5. The van der Waals surface area contributed by atoms with Gasteiger partial charge in [0.05, 0.1) is 17.1 Å². The molecule has 0 saturated heterocycles. The van der Waals surface area contributed by atoms with Crippen molar-refractivity contribution in [1.29, 1.82) is 0 Å². The van der Waals surface area contributed by atoms with Crippen LogP contribution in [0.4, 0.5) is 0 Å². The molecular weight excluding hydrogens is 288 g/mol. The van der Waals surface area contributed by atoms with Crippen LogP contribution in [0, 0.1) is 13.8 Å². The monoisotopic (exact) mass is 300 g/mol. The average molecular weight is 301 g/mol. The molecule has 0 bridgehead atoms. The van der Waals surface area contributed by atoms with E-state index in [0.717, 1.165) is 5.56 Å². The predicted molar refractivity (Wildman–Crippen MR) is 71.5 cm³/mol. The lowest BCUT2D eigenvalue weighted by atomic mass is 10.2. The van der Waals surface area contributed by atoms with Crippen molar-refractivity contribution in [2.45, 2.75) is 25.3 Å². The first-order valence-corrected chi connectivity index (χ1v) is 7.41. The third-order valence-corrected chi connectivity index (χ3v) is 4.37. The minimum Gasteiger partial charge on any atom is -0.449 e. The molecule has 0 saturated carbocycles. The Balaban J connectivity index is 2.16. The highest BCUT2D eigenvalue weighted by Gasteiger charge is 2.15. The van der Waals surface area contributed by atoms with Gasteiger partial charge in [-0.25, -0.2) is 18.1 Å². The van der Waals surface area contributed by atoms with Crippen molar-refractivity contribution in [3.05, 3.63) is 46.6 Å². The van der Waals surface area contributed by atoms with Crippen LogP contribution in [0.5, 0.6) is 0 Å². The zero-order valence-electron chi connectivity index (χ0n) is 10.5. The highest BCUT2D eigenvalue weighted by molar-refractivity contribution is 7.89. The van der Waals surface area contributed by atoms with Crippen molar-refractivity contribution in [2.24, 2.45) is 0 Å². The van der Waals surface area contributed by atoms with Crippen molar-refractivity contribution >= 4 is 21.6 Å². The number of oxazole rings is 1. The highest BCUT2D eigenvalue weighted by Crippen LogP contribution is 2.20. The first kappa shape index (κ1) is 14.0. The second-order valence-corrected chi connectivity index (χ2v) is 6.27. The molecule has 0 aliphatic carbocycles. The number of sulfonamides is 1. The van der Waals surface area contributed by atoms with E-state index >= 15 is 0 Å². The Morgan fingerprint density at radius 3 is 2.68 bits per heavy atom. The van der Waals surface area contributed by atoms with Crippen molar-refractivity contribution in [2.75, 3.05) is 0 Å². The van der Waals surface area contributed by atoms with Crippen LogP contribution >= 0.6 is 11.6 Å². The second kappa shape index (κ2) is 5.32. The van der Waals surface area contributed by atoms with Crippen LogP contribution in [0.3, 0.4) is 0 Å². The molecule has 1 N–H and O–H groups in total. The molecule has 5 nitrogen and oxygen atoms in total. The summed E-state index contributed by atoms with van der Waals surface area (Å²) in [6.45, 7) is 3.58. The van der Waals surface area contributed by atoms with E-state index in [2.05, 4.69) is 9.71 Å². The van der Waals surface area contributed by atoms with Gasteiger partial charge in [0.2, 0.25) is 10.0 Å². The second-order valence-electron chi connectivity index (χ2n) is 4.09. The Bertz CT molecular complexity index is 695. The van der Waals surface area contributed by atoms with Crippen LogP contribution in [0.2, 0.25) is 5.02 Å². The normalized spacial score (nSPS) is 11.7. The predicted octanol–water partition coefficient (Wildman–Crippen LogP) is 2.42. The molecule has 19 heavy (non-hydrogen) atoms. The number of halogens is 1. The van der Waals surface area contributed by atoms with Crippen molar-refractivity contribution in [3.63, 3.8) is 0 Å². The molecule has 2 rings (SSSR count). The van der Waals surface area contributed by atoms with Crippen molar-refractivity contribution in [3.8, 4) is 0 Å².